The number of amides is 2. The van der Waals surface area contributed by atoms with Gasteiger partial charge < -0.3 is 16.2 Å². The standard InChI is InChI=1S/C21H23N3O4/c1-21(2,22)18(20(27)24-28)23-19(26)17-11-9-15(10-12-17)4-3-14-5-7-16(13-25)8-6-14/h5-12,18,25,28H,13,22H2,1-2H3,(H,23,26)(H,24,27). The maximum absolute atomic E-state index is 12.4. The minimum atomic E-state index is -1.11. The van der Waals surface area contributed by atoms with Gasteiger partial charge in [-0.3, -0.25) is 14.8 Å². The van der Waals surface area contributed by atoms with E-state index >= 15 is 0 Å². The minimum Gasteiger partial charge on any atom is -0.392 e. The van der Waals surface area contributed by atoms with Crippen LogP contribution in [0.3, 0.4) is 0 Å². The lowest BCUT2D eigenvalue weighted by atomic mass is 9.95. The lowest BCUT2D eigenvalue weighted by Gasteiger charge is -2.29. The highest BCUT2D eigenvalue weighted by Crippen LogP contribution is 2.09. The highest BCUT2D eigenvalue weighted by molar-refractivity contribution is 5.97. The SMILES string of the molecule is CC(C)(N)C(NC(=O)c1ccc(C#Cc2ccc(CO)cc2)cc1)C(=O)NO. The number of hydrogen-bond donors (Lipinski definition) is 5. The van der Waals surface area contributed by atoms with Crippen LogP contribution in [0, 0.1) is 11.8 Å². The second-order valence-corrected chi connectivity index (χ2v) is 6.89. The highest BCUT2D eigenvalue weighted by atomic mass is 16.5. The van der Waals surface area contributed by atoms with E-state index in [9.17, 15) is 9.59 Å². The maximum atomic E-state index is 12.4. The zero-order valence-electron chi connectivity index (χ0n) is 15.7. The normalized spacial score (nSPS) is 11.8. The summed E-state index contributed by atoms with van der Waals surface area (Å²) in [5, 5.41) is 20.4. The van der Waals surface area contributed by atoms with Crippen molar-refractivity contribution in [1.29, 1.82) is 0 Å². The molecular weight excluding hydrogens is 358 g/mol. The number of aliphatic hydroxyl groups excluding tert-OH is 1. The second-order valence-electron chi connectivity index (χ2n) is 6.89. The van der Waals surface area contributed by atoms with E-state index < -0.39 is 23.4 Å². The van der Waals surface area contributed by atoms with E-state index in [2.05, 4.69) is 17.2 Å². The summed E-state index contributed by atoms with van der Waals surface area (Å²) < 4.78 is 0. The van der Waals surface area contributed by atoms with Crippen LogP contribution in [0.5, 0.6) is 0 Å². The van der Waals surface area contributed by atoms with E-state index in [1.807, 2.05) is 12.1 Å². The summed E-state index contributed by atoms with van der Waals surface area (Å²) in [6, 6.07) is 12.7. The first-order chi connectivity index (χ1) is 13.2. The Hall–Kier alpha value is -3.18. The molecule has 0 bridgehead atoms. The van der Waals surface area contributed by atoms with Crippen LogP contribution in [0.4, 0.5) is 0 Å². The topological polar surface area (TPSA) is 125 Å². The molecule has 0 aliphatic rings. The molecule has 2 aromatic rings. The molecule has 0 aliphatic carbocycles. The van der Waals surface area contributed by atoms with Crippen LogP contribution in [-0.2, 0) is 11.4 Å². The lowest BCUT2D eigenvalue weighted by Crippen LogP contribution is -2.61. The van der Waals surface area contributed by atoms with Gasteiger partial charge >= 0.3 is 0 Å². The van der Waals surface area contributed by atoms with Gasteiger partial charge in [0.25, 0.3) is 11.8 Å². The van der Waals surface area contributed by atoms with Crippen molar-refractivity contribution in [2.24, 2.45) is 5.73 Å². The van der Waals surface area contributed by atoms with Gasteiger partial charge in [0.1, 0.15) is 6.04 Å². The molecule has 6 N–H and O–H groups in total. The fraction of sp³-hybridized carbons (Fsp3) is 0.238. The third-order valence-corrected chi connectivity index (χ3v) is 4.03. The molecular formula is C21H23N3O4. The van der Waals surface area contributed by atoms with Crippen LogP contribution >= 0.6 is 0 Å². The Kier molecular flexibility index (Phi) is 6.90. The Morgan fingerprint density at radius 2 is 1.54 bits per heavy atom. The number of rotatable bonds is 5. The average molecular weight is 381 g/mol. The molecule has 0 aromatic heterocycles. The highest BCUT2D eigenvalue weighted by Gasteiger charge is 2.33. The number of carbonyl (C=O) groups is 2. The molecule has 0 saturated carbocycles. The molecule has 146 valence electrons. The molecule has 0 aliphatic heterocycles. The van der Waals surface area contributed by atoms with Crippen molar-refractivity contribution in [1.82, 2.24) is 10.8 Å². The van der Waals surface area contributed by atoms with E-state index in [1.165, 1.54) is 5.48 Å². The summed E-state index contributed by atoms with van der Waals surface area (Å²) in [6.45, 7) is 3.12. The van der Waals surface area contributed by atoms with Crippen LogP contribution in [0.2, 0.25) is 0 Å². The zero-order chi connectivity index (χ0) is 20.7. The van der Waals surface area contributed by atoms with Gasteiger partial charge in [-0.05, 0) is 55.8 Å². The molecule has 0 fully saturated rings. The van der Waals surface area contributed by atoms with Gasteiger partial charge in [-0.1, -0.05) is 24.0 Å². The van der Waals surface area contributed by atoms with Crippen LogP contribution in [0.15, 0.2) is 48.5 Å². The number of nitrogens with two attached hydrogens (primary N) is 1. The van der Waals surface area contributed by atoms with Crippen molar-refractivity contribution in [2.45, 2.75) is 32.0 Å². The minimum absolute atomic E-state index is 0.0145. The number of benzene rings is 2. The van der Waals surface area contributed by atoms with E-state index in [0.717, 1.165) is 11.1 Å². The molecule has 1 atom stereocenters. The molecule has 0 radical (unpaired) electrons. The summed E-state index contributed by atoms with van der Waals surface area (Å²) >= 11 is 0. The summed E-state index contributed by atoms with van der Waals surface area (Å²) in [4.78, 5) is 24.1. The maximum Gasteiger partial charge on any atom is 0.267 e. The van der Waals surface area contributed by atoms with E-state index in [0.29, 0.717) is 11.1 Å². The Balaban J connectivity index is 2.10. The molecule has 0 heterocycles. The fourth-order valence-electron chi connectivity index (χ4n) is 2.41. The van der Waals surface area contributed by atoms with Crippen LogP contribution in [-0.4, -0.2) is 33.7 Å². The van der Waals surface area contributed by atoms with Crippen LogP contribution in [0.25, 0.3) is 0 Å². The van der Waals surface area contributed by atoms with Crippen molar-refractivity contribution in [3.8, 4) is 11.8 Å². The summed E-state index contributed by atoms with van der Waals surface area (Å²) in [5.41, 5.74) is 9.01. The Morgan fingerprint density at radius 3 is 1.96 bits per heavy atom. The number of hydrogen-bond acceptors (Lipinski definition) is 5. The molecule has 7 heteroatoms. The number of hydroxylamine groups is 1. The molecule has 1 unspecified atom stereocenters. The zero-order valence-corrected chi connectivity index (χ0v) is 15.7. The summed E-state index contributed by atoms with van der Waals surface area (Å²) in [7, 11) is 0. The first-order valence-electron chi connectivity index (χ1n) is 8.60. The first-order valence-corrected chi connectivity index (χ1v) is 8.60. The number of aliphatic hydroxyl groups is 1. The van der Waals surface area contributed by atoms with Gasteiger partial charge in [0.05, 0.1) is 6.61 Å². The Labute approximate surface area is 163 Å². The molecule has 28 heavy (non-hydrogen) atoms. The number of carbonyl (C=O) groups excluding carboxylic acids is 2. The van der Waals surface area contributed by atoms with E-state index in [4.69, 9.17) is 16.0 Å². The molecule has 2 rings (SSSR count). The van der Waals surface area contributed by atoms with E-state index in [1.54, 1.807) is 50.2 Å². The molecule has 2 aromatic carbocycles. The summed E-state index contributed by atoms with van der Waals surface area (Å²) in [6.07, 6.45) is 0. The van der Waals surface area contributed by atoms with Crippen molar-refractivity contribution in [3.05, 3.63) is 70.8 Å². The Morgan fingerprint density at radius 1 is 1.04 bits per heavy atom. The van der Waals surface area contributed by atoms with Crippen LogP contribution in [0.1, 0.15) is 40.9 Å². The van der Waals surface area contributed by atoms with Gasteiger partial charge in [0.15, 0.2) is 0 Å². The monoisotopic (exact) mass is 381 g/mol. The number of nitrogens with one attached hydrogen (secondary N) is 2. The molecule has 2 amide bonds. The van der Waals surface area contributed by atoms with Gasteiger partial charge in [-0.15, -0.1) is 0 Å². The molecule has 0 spiro atoms. The largest absolute Gasteiger partial charge is 0.392 e. The third-order valence-electron chi connectivity index (χ3n) is 4.03. The van der Waals surface area contributed by atoms with Gasteiger partial charge in [0, 0.05) is 22.2 Å². The fourth-order valence-corrected chi connectivity index (χ4v) is 2.41. The Bertz CT molecular complexity index is 888. The first kappa shape index (κ1) is 21.1. The molecule has 7 nitrogen and oxygen atoms in total. The van der Waals surface area contributed by atoms with Crippen molar-refractivity contribution in [3.63, 3.8) is 0 Å². The van der Waals surface area contributed by atoms with Gasteiger partial charge in [-0.25, -0.2) is 5.48 Å². The predicted molar refractivity (Wildman–Crippen MR) is 104 cm³/mol. The van der Waals surface area contributed by atoms with E-state index in [-0.39, 0.29) is 6.61 Å². The van der Waals surface area contributed by atoms with Gasteiger partial charge in [-0.2, -0.15) is 0 Å². The van der Waals surface area contributed by atoms with Crippen molar-refractivity contribution >= 4 is 11.8 Å². The summed E-state index contributed by atoms with van der Waals surface area (Å²) in [5.74, 6) is 4.71. The van der Waals surface area contributed by atoms with Crippen LogP contribution < -0.4 is 16.5 Å². The lowest BCUT2D eigenvalue weighted by molar-refractivity contribution is -0.132. The van der Waals surface area contributed by atoms with Gasteiger partial charge in [0.2, 0.25) is 0 Å². The predicted octanol–water partition coefficient (Wildman–Crippen LogP) is 0.920. The second kappa shape index (κ2) is 9.15. The van der Waals surface area contributed by atoms with Crippen molar-refractivity contribution < 1.29 is 19.9 Å². The quantitative estimate of drug-likeness (QED) is 0.299. The third kappa shape index (κ3) is 5.66. The smallest absolute Gasteiger partial charge is 0.267 e. The van der Waals surface area contributed by atoms with Crippen molar-refractivity contribution in [2.75, 3.05) is 0 Å². The molecule has 0 saturated heterocycles. The average Bonchev–Trinajstić information content (AvgIpc) is 2.69.